The van der Waals surface area contributed by atoms with Crippen molar-refractivity contribution in [1.29, 1.82) is 0 Å². The molecule has 14 heteroatoms. The zero-order valence-corrected chi connectivity index (χ0v) is 31.5. The molecule has 4 aromatic rings. The summed E-state index contributed by atoms with van der Waals surface area (Å²) in [7, 11) is 6.06. The van der Waals surface area contributed by atoms with Gasteiger partial charge in [-0.15, -0.1) is 11.8 Å². The van der Waals surface area contributed by atoms with Crippen LogP contribution in [0.15, 0.2) is 100 Å². The Morgan fingerprint density at radius 2 is 1.64 bits per heavy atom. The minimum atomic E-state index is -1.02. The molecule has 1 saturated heterocycles. The van der Waals surface area contributed by atoms with Gasteiger partial charge in [0.1, 0.15) is 24.2 Å². The maximum absolute atomic E-state index is 14.6. The van der Waals surface area contributed by atoms with Crippen molar-refractivity contribution in [2.24, 2.45) is 5.73 Å². The zero-order valence-electron chi connectivity index (χ0n) is 30.6. The quantitative estimate of drug-likeness (QED) is 0.0703. The van der Waals surface area contributed by atoms with Crippen molar-refractivity contribution in [3.8, 4) is 0 Å². The van der Waals surface area contributed by atoms with Crippen LogP contribution in [0.2, 0.25) is 5.82 Å². The van der Waals surface area contributed by atoms with E-state index in [1.54, 1.807) is 36.0 Å². The minimum absolute atomic E-state index is 0.0219. The molecule has 2 radical (unpaired) electrons. The van der Waals surface area contributed by atoms with Crippen LogP contribution in [0.4, 0.5) is 4.79 Å². The lowest BCUT2D eigenvalue weighted by Crippen LogP contribution is -2.55. The average Bonchev–Trinajstić information content (AvgIpc) is 3.96. The summed E-state index contributed by atoms with van der Waals surface area (Å²) in [5.41, 5.74) is 8.52. The number of nitrogens with zero attached hydrogens (tertiary/aromatic N) is 2. The molecule has 1 aromatic heterocycles. The normalized spacial score (nSPS) is 19.1. The molecule has 1 fully saturated rings. The number of allylic oxidation sites excluding steroid dienone is 1. The van der Waals surface area contributed by atoms with Gasteiger partial charge >= 0.3 is 6.09 Å². The van der Waals surface area contributed by atoms with E-state index in [1.807, 2.05) is 66.7 Å². The molecule has 3 aromatic carbocycles. The van der Waals surface area contributed by atoms with Gasteiger partial charge in [0.2, 0.25) is 17.6 Å². The Balaban J connectivity index is 1.22. The molecule has 3 amide bonds. The van der Waals surface area contributed by atoms with Crippen LogP contribution in [0.25, 0.3) is 11.1 Å². The number of aromatic nitrogens is 1. The molecule has 12 nitrogen and oxygen atoms in total. The molecule has 286 valence electrons. The molecule has 3 heterocycles. The third-order valence-corrected chi connectivity index (χ3v) is 10.8. The fraction of sp³-hybridized carbons (Fsp3) is 0.390. The first-order valence-electron chi connectivity index (χ1n) is 18.7. The van der Waals surface area contributed by atoms with E-state index < -0.39 is 47.9 Å². The smallest absolute Gasteiger partial charge is 0.408 e. The number of aryl methyl sites for hydroxylation is 1. The Morgan fingerprint density at radius 1 is 0.909 bits per heavy atom. The number of alkyl carbamates (subject to hydrolysis) is 1. The van der Waals surface area contributed by atoms with E-state index in [9.17, 15) is 19.2 Å². The van der Waals surface area contributed by atoms with Gasteiger partial charge in [0.25, 0.3) is 5.89 Å². The first-order chi connectivity index (χ1) is 26.8. The summed E-state index contributed by atoms with van der Waals surface area (Å²) in [6.45, 7) is 0.833. The number of ether oxygens (including phenoxy) is 2. The minimum Gasteiger partial charge on any atom is -0.445 e. The second-order valence-electron chi connectivity index (χ2n) is 13.8. The Bertz CT molecular complexity index is 1910. The van der Waals surface area contributed by atoms with Crippen LogP contribution in [0.5, 0.6) is 0 Å². The van der Waals surface area contributed by atoms with Crippen LogP contribution in [0.3, 0.4) is 0 Å². The number of unbranched alkanes of at least 4 members (excludes halogenated alkanes) is 1. The number of hydrogen-bond donors (Lipinski definition) is 3. The number of carbonyl (C=O) groups is 4. The lowest BCUT2D eigenvalue weighted by molar-refractivity contribution is -0.140. The first-order valence-corrected chi connectivity index (χ1v) is 19.7. The number of ketones is 1. The number of para-hydroxylation sites is 2. The third kappa shape index (κ3) is 11.1. The molecule has 4 N–H and O–H groups in total. The topological polar surface area (TPSA) is 166 Å². The van der Waals surface area contributed by atoms with Crippen molar-refractivity contribution in [3.05, 3.63) is 113 Å². The van der Waals surface area contributed by atoms with E-state index in [0.717, 1.165) is 21.8 Å². The van der Waals surface area contributed by atoms with Crippen molar-refractivity contribution in [1.82, 2.24) is 20.5 Å². The van der Waals surface area contributed by atoms with Gasteiger partial charge in [-0.3, -0.25) is 14.4 Å². The fourth-order valence-electron chi connectivity index (χ4n) is 6.71. The fourth-order valence-corrected chi connectivity index (χ4v) is 7.64. The zero-order chi connectivity index (χ0) is 38.6. The number of amides is 3. The van der Waals surface area contributed by atoms with E-state index in [0.29, 0.717) is 49.9 Å². The summed E-state index contributed by atoms with van der Waals surface area (Å²) < 4.78 is 17.6. The van der Waals surface area contributed by atoms with Crippen LogP contribution in [-0.4, -0.2) is 91.1 Å². The lowest BCUT2D eigenvalue weighted by atomic mass is 9.89. The average molecular weight is 764 g/mol. The summed E-state index contributed by atoms with van der Waals surface area (Å²) in [5, 5.41) is 5.70. The number of likely N-dealkylation sites (tertiary alicyclic amines) is 1. The Kier molecular flexibility index (Phi) is 14.2. The lowest BCUT2D eigenvalue weighted by Gasteiger charge is -2.29. The van der Waals surface area contributed by atoms with Crippen LogP contribution in [0, 0.1) is 0 Å². The second kappa shape index (κ2) is 19.6. The van der Waals surface area contributed by atoms with Gasteiger partial charge in [-0.25, -0.2) is 9.78 Å². The summed E-state index contributed by atoms with van der Waals surface area (Å²) in [4.78, 5) is 62.7. The van der Waals surface area contributed by atoms with Crippen molar-refractivity contribution < 1.29 is 33.1 Å². The predicted molar refractivity (Wildman–Crippen MR) is 211 cm³/mol. The maximum Gasteiger partial charge on any atom is 0.408 e. The maximum atomic E-state index is 14.6. The molecule has 2 aliphatic rings. The number of oxazole rings is 1. The molecule has 1 unspecified atom stereocenters. The number of Topliss-reactive ketones (excluding diaryl/α,β-unsaturated/α-hetero) is 1. The molecule has 0 bridgehead atoms. The Labute approximate surface area is 326 Å². The standard InChI is InChI=1S/C41H46BN5O7S/c42-29-21-31(55-26-29)25-52-30-22-35(38(49)44-33(16-9-10-20-43)37(48)39-45-32-15-7-8-17-36(32)54-39)47(23-30)40(50)34(19-18-27-11-3-1-4-12-27)46-41(51)53-24-28-13-5-2-6-14-28/h1-8,11-15,17,21,29-30,33-35H,9-10,16,18-20,22-26,43H2,(H,44,49)(H,46,51)/t29?,30-,33+,34-,35+/m1/s1. The number of nitrogens with two attached hydrogens (primary N) is 1. The Hall–Kier alpha value is -4.92. The number of benzene rings is 3. The van der Waals surface area contributed by atoms with Crippen molar-refractivity contribution in [3.63, 3.8) is 0 Å². The highest BCUT2D eigenvalue weighted by molar-refractivity contribution is 8.03. The van der Waals surface area contributed by atoms with E-state index in [2.05, 4.69) is 15.6 Å². The van der Waals surface area contributed by atoms with E-state index in [1.165, 1.54) is 4.90 Å². The summed E-state index contributed by atoms with van der Waals surface area (Å²) >= 11 is 1.62. The van der Waals surface area contributed by atoms with Gasteiger partial charge in [-0.2, -0.15) is 0 Å². The molecule has 0 saturated carbocycles. The second-order valence-corrected chi connectivity index (χ2v) is 14.9. The molecule has 5 atom stereocenters. The van der Waals surface area contributed by atoms with E-state index in [-0.39, 0.29) is 37.7 Å². The van der Waals surface area contributed by atoms with Crippen molar-refractivity contribution >= 4 is 54.4 Å². The monoisotopic (exact) mass is 763 g/mol. The SMILES string of the molecule is [B]C1C=C(CO[C@@H]2C[C@@H](C(=O)N[C@@H](CCCCN)C(=O)c3nc4ccccc4o3)N(C(=O)[C@@H](CCc3ccccc3)NC(=O)OCc3ccccc3)C2)SC1. The van der Waals surface area contributed by atoms with Crippen LogP contribution in [0.1, 0.15) is 53.9 Å². The molecule has 55 heavy (non-hydrogen) atoms. The molecule has 0 spiro atoms. The van der Waals surface area contributed by atoms with Gasteiger partial charge in [0, 0.05) is 17.9 Å². The molecular weight excluding hydrogens is 717 g/mol. The van der Waals surface area contributed by atoms with Crippen LogP contribution < -0.4 is 16.4 Å². The highest BCUT2D eigenvalue weighted by atomic mass is 32.2. The third-order valence-electron chi connectivity index (χ3n) is 9.62. The summed E-state index contributed by atoms with van der Waals surface area (Å²) in [6, 6.07) is 22.9. The van der Waals surface area contributed by atoms with Gasteiger partial charge in [-0.1, -0.05) is 78.9 Å². The van der Waals surface area contributed by atoms with Crippen LogP contribution >= 0.6 is 11.8 Å². The van der Waals surface area contributed by atoms with Gasteiger partial charge in [0.05, 0.1) is 26.6 Å². The predicted octanol–water partition coefficient (Wildman–Crippen LogP) is 5.13. The highest BCUT2D eigenvalue weighted by Crippen LogP contribution is 2.32. The van der Waals surface area contributed by atoms with Crippen LogP contribution in [-0.2, 0) is 32.1 Å². The Morgan fingerprint density at radius 3 is 2.35 bits per heavy atom. The number of fused-ring (bicyclic) bond motifs is 1. The van der Waals surface area contributed by atoms with E-state index >= 15 is 0 Å². The number of rotatable bonds is 18. The highest BCUT2D eigenvalue weighted by Gasteiger charge is 2.44. The van der Waals surface area contributed by atoms with Crippen molar-refractivity contribution in [2.75, 3.05) is 25.4 Å². The molecule has 6 rings (SSSR count). The molecular formula is C41H46BN5O7S. The number of hydrogen-bond acceptors (Lipinski definition) is 10. The number of nitrogens with one attached hydrogen (secondary N) is 2. The molecule has 2 aliphatic heterocycles. The van der Waals surface area contributed by atoms with Gasteiger partial charge < -0.3 is 35.2 Å². The van der Waals surface area contributed by atoms with Gasteiger partial charge in [-0.05, 0) is 73.5 Å². The first kappa shape index (κ1) is 39.8. The van der Waals surface area contributed by atoms with Crippen molar-refractivity contribution in [2.45, 2.75) is 75.2 Å². The summed E-state index contributed by atoms with van der Waals surface area (Å²) in [6.07, 6.45) is 3.12. The number of carbonyl (C=O) groups excluding carboxylic acids is 4. The summed E-state index contributed by atoms with van der Waals surface area (Å²) in [5.74, 6) is -0.869. The number of thioether (sulfide) groups is 1. The van der Waals surface area contributed by atoms with E-state index in [4.69, 9.17) is 27.5 Å². The van der Waals surface area contributed by atoms with Gasteiger partial charge in [0.15, 0.2) is 5.58 Å². The largest absolute Gasteiger partial charge is 0.445 e. The molecule has 0 aliphatic carbocycles.